The molecule has 12 aromatic carbocycles. The minimum absolute atomic E-state index is 0.562. The highest BCUT2D eigenvalue weighted by molar-refractivity contribution is 5.99. The predicted molar refractivity (Wildman–Crippen MR) is 312 cm³/mol. The van der Waals surface area contributed by atoms with Gasteiger partial charge in [-0.15, -0.1) is 0 Å². The van der Waals surface area contributed by atoms with Gasteiger partial charge in [-0.1, -0.05) is 224 Å². The topological polar surface area (TPSA) is 21.7 Å². The molecule has 3 heteroatoms. The molecule has 77 heavy (non-hydrogen) atoms. The fraction of sp³-hybridized carbons (Fsp3) is 0.0270. The normalized spacial score (nSPS) is 13.9. The van der Waals surface area contributed by atoms with E-state index in [0.29, 0.717) is 0 Å². The van der Waals surface area contributed by atoms with Gasteiger partial charge in [0, 0.05) is 39.3 Å². The van der Waals surface area contributed by atoms with Crippen molar-refractivity contribution in [2.24, 2.45) is 0 Å². The van der Waals surface area contributed by atoms with Crippen LogP contribution in [-0.4, -0.2) is 0 Å². The van der Waals surface area contributed by atoms with Crippen molar-refractivity contribution in [3.05, 3.63) is 330 Å². The number of para-hydroxylation sites is 4. The van der Waals surface area contributed by atoms with Crippen molar-refractivity contribution in [3.8, 4) is 78.6 Å². The van der Waals surface area contributed by atoms with Crippen molar-refractivity contribution in [2.45, 2.75) is 10.8 Å². The lowest BCUT2D eigenvalue weighted by Crippen LogP contribution is -2.32. The van der Waals surface area contributed by atoms with E-state index in [1.165, 1.54) is 66.8 Å². The van der Waals surface area contributed by atoms with E-state index in [9.17, 15) is 0 Å². The Morgan fingerprint density at radius 2 is 0.545 bits per heavy atom. The Balaban J connectivity index is 0.881. The van der Waals surface area contributed by atoms with E-state index in [2.05, 4.69) is 290 Å². The minimum Gasteiger partial charge on any atom is -0.457 e. The highest BCUT2D eigenvalue weighted by Crippen LogP contribution is 2.65. The van der Waals surface area contributed by atoms with Crippen LogP contribution in [0.5, 0.6) is 23.0 Å². The lowest BCUT2D eigenvalue weighted by molar-refractivity contribution is 0.436. The van der Waals surface area contributed by atoms with Crippen LogP contribution < -0.4 is 14.4 Å². The van der Waals surface area contributed by atoms with Gasteiger partial charge in [0.2, 0.25) is 0 Å². The zero-order valence-electron chi connectivity index (χ0n) is 41.9. The summed E-state index contributed by atoms with van der Waals surface area (Å²) in [5, 5.41) is 0. The Bertz CT molecular complexity index is 4030. The summed E-state index contributed by atoms with van der Waals surface area (Å²) in [6, 6.07) is 104. The monoisotopic (exact) mass is 981 g/mol. The molecule has 4 aliphatic rings. The zero-order chi connectivity index (χ0) is 50.7. The van der Waals surface area contributed by atoms with Crippen molar-refractivity contribution in [3.63, 3.8) is 0 Å². The summed E-state index contributed by atoms with van der Waals surface area (Å²) < 4.78 is 13.4. The Morgan fingerprint density at radius 3 is 0.987 bits per heavy atom. The molecule has 2 heterocycles. The largest absolute Gasteiger partial charge is 0.457 e. The molecule has 2 aliphatic heterocycles. The second kappa shape index (κ2) is 16.8. The molecule has 0 atom stereocenters. The molecule has 0 amide bonds. The quantitative estimate of drug-likeness (QED) is 0.166. The third-order valence-electron chi connectivity index (χ3n) is 16.8. The Hall–Kier alpha value is -9.96. The van der Waals surface area contributed by atoms with Gasteiger partial charge in [-0.3, -0.25) is 0 Å². The van der Waals surface area contributed by atoms with Crippen molar-refractivity contribution < 1.29 is 9.47 Å². The number of hydrogen-bond acceptors (Lipinski definition) is 3. The number of ether oxygens (including phenoxy) is 2. The lowest BCUT2D eigenvalue weighted by Gasteiger charge is -2.39. The number of anilines is 3. The third-order valence-corrected chi connectivity index (χ3v) is 16.8. The van der Waals surface area contributed by atoms with Gasteiger partial charge < -0.3 is 14.4 Å². The molecule has 16 rings (SSSR count). The van der Waals surface area contributed by atoms with Crippen LogP contribution in [0.2, 0.25) is 0 Å². The van der Waals surface area contributed by atoms with Crippen molar-refractivity contribution in [2.75, 3.05) is 4.90 Å². The number of nitrogens with zero attached hydrogens (tertiary/aromatic N) is 1. The average Bonchev–Trinajstić information content (AvgIpc) is 4.02. The molecule has 2 aliphatic carbocycles. The highest BCUT2D eigenvalue weighted by Gasteiger charge is 2.53. The summed E-state index contributed by atoms with van der Waals surface area (Å²) in [7, 11) is 0. The molecule has 2 spiro atoms. The van der Waals surface area contributed by atoms with E-state index in [-0.39, 0.29) is 0 Å². The first-order valence-electron chi connectivity index (χ1n) is 26.6. The molecule has 0 saturated heterocycles. The van der Waals surface area contributed by atoms with Crippen molar-refractivity contribution in [1.82, 2.24) is 0 Å². The number of benzene rings is 12. The molecule has 0 fully saturated rings. The van der Waals surface area contributed by atoms with Crippen LogP contribution >= 0.6 is 0 Å². The molecular formula is C74H47NO2. The lowest BCUT2D eigenvalue weighted by atomic mass is 9.66. The summed E-state index contributed by atoms with van der Waals surface area (Å²) in [6.45, 7) is 0. The molecule has 0 radical (unpaired) electrons. The Labute approximate surface area is 448 Å². The van der Waals surface area contributed by atoms with Crippen LogP contribution in [0, 0.1) is 0 Å². The van der Waals surface area contributed by atoms with Crippen LogP contribution in [-0.2, 0) is 10.8 Å². The maximum absolute atomic E-state index is 6.68. The van der Waals surface area contributed by atoms with E-state index in [4.69, 9.17) is 9.47 Å². The van der Waals surface area contributed by atoms with Gasteiger partial charge in [0.15, 0.2) is 0 Å². The van der Waals surface area contributed by atoms with E-state index in [1.54, 1.807) is 0 Å². The zero-order valence-corrected chi connectivity index (χ0v) is 41.9. The molecule has 0 saturated carbocycles. The Kier molecular flexibility index (Phi) is 9.47. The summed E-state index contributed by atoms with van der Waals surface area (Å²) in [6.07, 6.45) is 0. The first-order valence-corrected chi connectivity index (χ1v) is 26.6. The fourth-order valence-corrected chi connectivity index (χ4v) is 13.8. The molecule has 360 valence electrons. The van der Waals surface area contributed by atoms with Gasteiger partial charge in [0.1, 0.15) is 23.0 Å². The van der Waals surface area contributed by atoms with E-state index in [1.807, 2.05) is 0 Å². The standard InChI is InChI=1S/C74H47NO2/c1-2-20-48(21-3-1)49-42-44-52(45-43-49)75(53-24-16-22-50(46-53)55-28-18-36-65-71(55)57-26-4-6-30-59(57)73(65)61-32-8-12-38-67(61)76-68-39-13-9-33-62(68)73)54-25-17-23-51(47-54)56-29-19-37-66-72(56)58-27-5-7-31-60(58)74(66)63-34-10-14-40-69(63)77-70-41-15-11-35-64(70)74/h1-47H. The van der Waals surface area contributed by atoms with Gasteiger partial charge in [0.05, 0.1) is 10.8 Å². The van der Waals surface area contributed by atoms with Crippen LogP contribution in [0.1, 0.15) is 44.5 Å². The highest BCUT2D eigenvalue weighted by atomic mass is 16.5. The predicted octanol–water partition coefficient (Wildman–Crippen LogP) is 19.1. The number of fused-ring (bicyclic) bond motifs is 18. The van der Waals surface area contributed by atoms with E-state index in [0.717, 1.165) is 73.4 Å². The first kappa shape index (κ1) is 43.4. The van der Waals surface area contributed by atoms with Gasteiger partial charge in [-0.05, 0) is 139 Å². The molecule has 0 aromatic heterocycles. The van der Waals surface area contributed by atoms with Gasteiger partial charge in [0.25, 0.3) is 0 Å². The van der Waals surface area contributed by atoms with Crippen molar-refractivity contribution in [1.29, 1.82) is 0 Å². The maximum Gasteiger partial charge on any atom is 0.132 e. The number of rotatable bonds is 6. The summed E-state index contributed by atoms with van der Waals surface area (Å²) in [5.74, 6) is 3.56. The van der Waals surface area contributed by atoms with E-state index < -0.39 is 10.8 Å². The SMILES string of the molecule is c1ccc(-c2ccc(N(c3cccc(-c4cccc5c4-c4ccccc4C54c5ccccc5Oc5ccccc54)c3)c3cccc(-c4cccc5c4-c4ccccc4C54c5ccccc5Oc5ccccc54)c3)cc2)cc1. The minimum atomic E-state index is -0.562. The third kappa shape index (κ3) is 6.14. The van der Waals surface area contributed by atoms with Gasteiger partial charge >= 0.3 is 0 Å². The van der Waals surface area contributed by atoms with Crippen LogP contribution in [0.15, 0.2) is 285 Å². The summed E-state index contributed by atoms with van der Waals surface area (Å²) >= 11 is 0. The first-order chi connectivity index (χ1) is 38.2. The average molecular weight is 982 g/mol. The van der Waals surface area contributed by atoms with Crippen molar-refractivity contribution >= 4 is 17.1 Å². The molecule has 0 bridgehead atoms. The van der Waals surface area contributed by atoms with Crippen LogP contribution in [0.3, 0.4) is 0 Å². The summed E-state index contributed by atoms with van der Waals surface area (Å²) in [5.41, 5.74) is 23.7. The van der Waals surface area contributed by atoms with E-state index >= 15 is 0 Å². The smallest absolute Gasteiger partial charge is 0.132 e. The van der Waals surface area contributed by atoms with Crippen LogP contribution in [0.4, 0.5) is 17.1 Å². The summed E-state index contributed by atoms with van der Waals surface area (Å²) in [4.78, 5) is 2.43. The second-order valence-corrected chi connectivity index (χ2v) is 20.6. The van der Waals surface area contributed by atoms with Gasteiger partial charge in [-0.2, -0.15) is 0 Å². The van der Waals surface area contributed by atoms with Gasteiger partial charge in [-0.25, -0.2) is 0 Å². The fourth-order valence-electron chi connectivity index (χ4n) is 13.8. The molecule has 0 unspecified atom stereocenters. The molecule has 0 N–H and O–H groups in total. The second-order valence-electron chi connectivity index (χ2n) is 20.6. The maximum atomic E-state index is 6.68. The van der Waals surface area contributed by atoms with Crippen LogP contribution in [0.25, 0.3) is 55.6 Å². The molecule has 3 nitrogen and oxygen atoms in total. The molecule has 12 aromatic rings. The number of hydrogen-bond donors (Lipinski definition) is 0. The Morgan fingerprint density at radius 1 is 0.221 bits per heavy atom. The molecular weight excluding hydrogens is 935 g/mol.